The maximum absolute atomic E-state index is 8.82. The second kappa shape index (κ2) is 6.58. The number of benzene rings is 1. The van der Waals surface area contributed by atoms with Gasteiger partial charge in [0, 0.05) is 0 Å². The minimum Gasteiger partial charge on any atom is -0.493 e. The van der Waals surface area contributed by atoms with Gasteiger partial charge < -0.3 is 10.5 Å². The molecule has 0 saturated carbocycles. The average Bonchev–Trinajstić information content (AvgIpc) is 2.34. The molecule has 0 saturated heterocycles. The van der Waals surface area contributed by atoms with Crippen LogP contribution in [0, 0.1) is 32.1 Å². The van der Waals surface area contributed by atoms with Crippen LogP contribution < -0.4 is 10.5 Å². The fourth-order valence-electron chi connectivity index (χ4n) is 1.98. The van der Waals surface area contributed by atoms with Crippen molar-refractivity contribution in [2.45, 2.75) is 52.5 Å². The second-order valence-corrected chi connectivity index (χ2v) is 5.54. The van der Waals surface area contributed by atoms with Crippen molar-refractivity contribution < 1.29 is 4.74 Å². The van der Waals surface area contributed by atoms with E-state index in [-0.39, 0.29) is 0 Å². The molecule has 1 unspecified atom stereocenters. The Morgan fingerprint density at radius 1 is 1.26 bits per heavy atom. The highest BCUT2D eigenvalue weighted by atomic mass is 16.5. The molecule has 0 heterocycles. The van der Waals surface area contributed by atoms with E-state index in [0.29, 0.717) is 13.0 Å². The van der Waals surface area contributed by atoms with Gasteiger partial charge in [0.25, 0.3) is 0 Å². The van der Waals surface area contributed by atoms with E-state index in [0.717, 1.165) is 18.6 Å². The Balaban J connectivity index is 2.41. The Morgan fingerprint density at radius 2 is 1.95 bits per heavy atom. The zero-order chi connectivity index (χ0) is 14.5. The molecule has 19 heavy (non-hydrogen) atoms. The molecule has 0 fully saturated rings. The minimum absolute atomic E-state index is 0.672. The molecule has 1 aromatic carbocycles. The van der Waals surface area contributed by atoms with Gasteiger partial charge in [-0.15, -0.1) is 0 Å². The van der Waals surface area contributed by atoms with Gasteiger partial charge in [0.1, 0.15) is 11.3 Å². The predicted molar refractivity (Wildman–Crippen MR) is 78.2 cm³/mol. The van der Waals surface area contributed by atoms with Gasteiger partial charge in [-0.25, -0.2) is 0 Å². The Morgan fingerprint density at radius 3 is 2.58 bits per heavy atom. The number of hydrogen-bond acceptors (Lipinski definition) is 3. The van der Waals surface area contributed by atoms with E-state index < -0.39 is 5.54 Å². The summed E-state index contributed by atoms with van der Waals surface area (Å²) in [5, 5.41) is 8.82. The SMILES string of the molecule is Cc1cc(C)c(C)c(OCCCCC(C)(N)C#N)c1. The largest absolute Gasteiger partial charge is 0.493 e. The summed E-state index contributed by atoms with van der Waals surface area (Å²) in [5.74, 6) is 0.966. The van der Waals surface area contributed by atoms with Gasteiger partial charge >= 0.3 is 0 Å². The summed E-state index contributed by atoms with van der Waals surface area (Å²) in [5.41, 5.74) is 8.74. The van der Waals surface area contributed by atoms with Crippen LogP contribution in [-0.4, -0.2) is 12.1 Å². The van der Waals surface area contributed by atoms with Crippen molar-refractivity contribution in [2.24, 2.45) is 5.73 Å². The van der Waals surface area contributed by atoms with Crippen molar-refractivity contribution in [2.75, 3.05) is 6.61 Å². The number of aryl methyl sites for hydroxylation is 2. The molecule has 0 aliphatic heterocycles. The first-order valence-corrected chi connectivity index (χ1v) is 6.76. The molecule has 1 rings (SSSR count). The number of ether oxygens (including phenoxy) is 1. The van der Waals surface area contributed by atoms with E-state index in [1.165, 1.54) is 16.7 Å². The number of unbranched alkanes of at least 4 members (excludes halogenated alkanes) is 1. The Kier molecular flexibility index (Phi) is 5.38. The smallest absolute Gasteiger partial charge is 0.122 e. The average molecular weight is 260 g/mol. The molecular formula is C16H24N2O. The second-order valence-electron chi connectivity index (χ2n) is 5.54. The summed E-state index contributed by atoms with van der Waals surface area (Å²) >= 11 is 0. The van der Waals surface area contributed by atoms with Gasteiger partial charge in [0.2, 0.25) is 0 Å². The number of nitrogens with two attached hydrogens (primary N) is 1. The minimum atomic E-state index is -0.712. The van der Waals surface area contributed by atoms with Gasteiger partial charge in [-0.1, -0.05) is 6.07 Å². The van der Waals surface area contributed by atoms with Crippen LogP contribution >= 0.6 is 0 Å². The van der Waals surface area contributed by atoms with Crippen LogP contribution in [0.25, 0.3) is 0 Å². The molecular weight excluding hydrogens is 236 g/mol. The molecule has 1 aromatic rings. The van der Waals surface area contributed by atoms with Crippen LogP contribution in [0.5, 0.6) is 5.75 Å². The first kappa shape index (κ1) is 15.5. The summed E-state index contributed by atoms with van der Waals surface area (Å²) in [6, 6.07) is 6.35. The Hall–Kier alpha value is -1.53. The zero-order valence-corrected chi connectivity index (χ0v) is 12.4. The summed E-state index contributed by atoms with van der Waals surface area (Å²) in [4.78, 5) is 0. The third kappa shape index (κ3) is 4.92. The summed E-state index contributed by atoms with van der Waals surface area (Å²) in [7, 11) is 0. The number of rotatable bonds is 6. The van der Waals surface area contributed by atoms with Crippen molar-refractivity contribution in [1.29, 1.82) is 5.26 Å². The Labute approximate surface area is 116 Å². The lowest BCUT2D eigenvalue weighted by atomic mass is 9.98. The molecule has 0 amide bonds. The number of hydrogen-bond donors (Lipinski definition) is 1. The van der Waals surface area contributed by atoms with Gasteiger partial charge in [-0.3, -0.25) is 0 Å². The lowest BCUT2D eigenvalue weighted by Crippen LogP contribution is -2.33. The summed E-state index contributed by atoms with van der Waals surface area (Å²) in [6.07, 6.45) is 2.53. The van der Waals surface area contributed by atoms with Crippen molar-refractivity contribution in [3.8, 4) is 11.8 Å². The predicted octanol–water partition coefficient (Wildman–Crippen LogP) is 3.40. The molecule has 3 nitrogen and oxygen atoms in total. The molecule has 0 aromatic heterocycles. The molecule has 3 heteroatoms. The van der Waals surface area contributed by atoms with Crippen molar-refractivity contribution in [1.82, 2.24) is 0 Å². The first-order chi connectivity index (χ1) is 8.85. The quantitative estimate of drug-likeness (QED) is 0.797. The molecule has 1 atom stereocenters. The highest BCUT2D eigenvalue weighted by molar-refractivity contribution is 5.41. The molecule has 2 N–H and O–H groups in total. The lowest BCUT2D eigenvalue weighted by molar-refractivity contribution is 0.298. The first-order valence-electron chi connectivity index (χ1n) is 6.76. The van der Waals surface area contributed by atoms with Crippen LogP contribution in [0.15, 0.2) is 12.1 Å². The van der Waals surface area contributed by atoms with E-state index in [1.807, 2.05) is 0 Å². The van der Waals surface area contributed by atoms with Crippen LogP contribution in [0.3, 0.4) is 0 Å². The maximum atomic E-state index is 8.82. The fraction of sp³-hybridized carbons (Fsp3) is 0.562. The van der Waals surface area contributed by atoms with E-state index in [1.54, 1.807) is 6.92 Å². The molecule has 0 aliphatic carbocycles. The van der Waals surface area contributed by atoms with E-state index in [2.05, 4.69) is 39.0 Å². The normalized spacial score (nSPS) is 13.7. The monoisotopic (exact) mass is 260 g/mol. The van der Waals surface area contributed by atoms with Crippen LogP contribution in [0.4, 0.5) is 0 Å². The summed E-state index contributed by atoms with van der Waals surface area (Å²) < 4.78 is 5.82. The Bertz CT molecular complexity index is 472. The van der Waals surface area contributed by atoms with E-state index >= 15 is 0 Å². The van der Waals surface area contributed by atoms with Gasteiger partial charge in [0.15, 0.2) is 0 Å². The van der Waals surface area contributed by atoms with Gasteiger partial charge in [-0.2, -0.15) is 5.26 Å². The standard InChI is InChI=1S/C16H24N2O/c1-12-9-13(2)14(3)15(10-12)19-8-6-5-7-16(4,18)11-17/h9-10H,5-8,18H2,1-4H3. The van der Waals surface area contributed by atoms with E-state index in [4.69, 9.17) is 15.7 Å². The highest BCUT2D eigenvalue weighted by Gasteiger charge is 2.15. The zero-order valence-electron chi connectivity index (χ0n) is 12.4. The molecule has 0 spiro atoms. The fourth-order valence-corrected chi connectivity index (χ4v) is 1.98. The van der Waals surface area contributed by atoms with Crippen molar-refractivity contribution >= 4 is 0 Å². The van der Waals surface area contributed by atoms with Crippen LogP contribution in [-0.2, 0) is 0 Å². The highest BCUT2D eigenvalue weighted by Crippen LogP contribution is 2.23. The third-order valence-electron chi connectivity index (χ3n) is 3.37. The maximum Gasteiger partial charge on any atom is 0.122 e. The van der Waals surface area contributed by atoms with Crippen LogP contribution in [0.1, 0.15) is 42.9 Å². The molecule has 0 bridgehead atoms. The van der Waals surface area contributed by atoms with E-state index in [9.17, 15) is 0 Å². The van der Waals surface area contributed by atoms with Gasteiger partial charge in [0.05, 0.1) is 12.7 Å². The molecule has 0 radical (unpaired) electrons. The summed E-state index contributed by atoms with van der Waals surface area (Å²) in [6.45, 7) is 8.69. The van der Waals surface area contributed by atoms with Crippen molar-refractivity contribution in [3.63, 3.8) is 0 Å². The number of nitriles is 1. The van der Waals surface area contributed by atoms with Crippen molar-refractivity contribution in [3.05, 3.63) is 28.8 Å². The lowest BCUT2D eigenvalue weighted by Gasteiger charge is -2.15. The van der Waals surface area contributed by atoms with Crippen LogP contribution in [0.2, 0.25) is 0 Å². The number of nitrogens with zero attached hydrogens (tertiary/aromatic N) is 1. The topological polar surface area (TPSA) is 59.0 Å². The third-order valence-corrected chi connectivity index (χ3v) is 3.37. The molecule has 0 aliphatic rings. The molecule has 104 valence electrons. The van der Waals surface area contributed by atoms with Gasteiger partial charge in [-0.05, 0) is 69.7 Å².